The third-order valence-electron chi connectivity index (χ3n) is 3.23. The summed E-state index contributed by atoms with van der Waals surface area (Å²) in [6, 6.07) is 16.4. The van der Waals surface area contributed by atoms with E-state index >= 15 is 0 Å². The van der Waals surface area contributed by atoms with Gasteiger partial charge in [-0.25, -0.2) is 4.79 Å². The molecule has 0 atom stereocenters. The van der Waals surface area contributed by atoms with E-state index in [1.165, 1.54) is 0 Å². The first-order chi connectivity index (χ1) is 11.0. The number of hydrogen-bond donors (Lipinski definition) is 3. The van der Waals surface area contributed by atoms with Crippen LogP contribution in [0.1, 0.15) is 19.4 Å². The summed E-state index contributed by atoms with van der Waals surface area (Å²) in [6.45, 7) is 4.14. The Morgan fingerprint density at radius 1 is 0.870 bits per heavy atom. The number of amides is 3. The lowest BCUT2D eigenvalue weighted by Gasteiger charge is -2.10. The third kappa shape index (κ3) is 5.47. The van der Waals surface area contributed by atoms with Gasteiger partial charge in [-0.15, -0.1) is 0 Å². The molecular weight excluding hydrogens is 290 g/mol. The monoisotopic (exact) mass is 311 g/mol. The smallest absolute Gasteiger partial charge is 0.319 e. The molecule has 5 heteroatoms. The Kier molecular flexibility index (Phi) is 5.74. The summed E-state index contributed by atoms with van der Waals surface area (Å²) in [5.74, 6) is -0.108. The number of carbonyl (C=O) groups is 2. The first kappa shape index (κ1) is 16.5. The average Bonchev–Trinajstić information content (AvgIpc) is 2.55. The molecule has 0 unspecified atom stereocenters. The molecular formula is C18H21N3O2. The van der Waals surface area contributed by atoms with Crippen molar-refractivity contribution in [3.05, 3.63) is 60.2 Å². The Bertz CT molecular complexity index is 652. The highest BCUT2D eigenvalue weighted by molar-refractivity contribution is 5.93. The maximum Gasteiger partial charge on any atom is 0.319 e. The number of anilines is 2. The van der Waals surface area contributed by atoms with Crippen LogP contribution in [0.5, 0.6) is 0 Å². The Balaban J connectivity index is 1.83. The van der Waals surface area contributed by atoms with Crippen LogP contribution in [0.3, 0.4) is 0 Å². The zero-order chi connectivity index (χ0) is 16.7. The first-order valence-electron chi connectivity index (χ1n) is 7.54. The van der Waals surface area contributed by atoms with Crippen molar-refractivity contribution in [2.45, 2.75) is 20.4 Å². The SMILES string of the molecule is CC(C)C(=O)Nc1ccc(NC(=O)NCc2ccccc2)cc1. The summed E-state index contributed by atoms with van der Waals surface area (Å²) in [6.07, 6.45) is 0. The van der Waals surface area contributed by atoms with Crippen LogP contribution in [-0.4, -0.2) is 11.9 Å². The number of benzene rings is 2. The molecule has 2 rings (SSSR count). The fraction of sp³-hybridized carbons (Fsp3) is 0.222. The van der Waals surface area contributed by atoms with Gasteiger partial charge in [-0.1, -0.05) is 44.2 Å². The summed E-state index contributed by atoms with van der Waals surface area (Å²) in [5.41, 5.74) is 2.41. The molecule has 3 N–H and O–H groups in total. The molecule has 0 aliphatic heterocycles. The van der Waals surface area contributed by atoms with Gasteiger partial charge in [-0.2, -0.15) is 0 Å². The molecule has 0 aliphatic rings. The molecule has 23 heavy (non-hydrogen) atoms. The molecule has 3 amide bonds. The van der Waals surface area contributed by atoms with E-state index in [2.05, 4.69) is 16.0 Å². The largest absolute Gasteiger partial charge is 0.334 e. The Hall–Kier alpha value is -2.82. The Morgan fingerprint density at radius 3 is 2.00 bits per heavy atom. The number of urea groups is 1. The van der Waals surface area contributed by atoms with E-state index in [-0.39, 0.29) is 17.9 Å². The summed E-state index contributed by atoms with van der Waals surface area (Å²) >= 11 is 0. The number of hydrogen-bond acceptors (Lipinski definition) is 2. The highest BCUT2D eigenvalue weighted by Gasteiger charge is 2.07. The summed E-state index contributed by atoms with van der Waals surface area (Å²) in [7, 11) is 0. The molecule has 0 spiro atoms. The Labute approximate surface area is 136 Å². The normalized spacial score (nSPS) is 10.2. The number of rotatable bonds is 5. The summed E-state index contributed by atoms with van der Waals surface area (Å²) in [4.78, 5) is 23.4. The number of carbonyl (C=O) groups excluding carboxylic acids is 2. The molecule has 5 nitrogen and oxygen atoms in total. The van der Waals surface area contributed by atoms with Gasteiger partial charge in [0.25, 0.3) is 0 Å². The van der Waals surface area contributed by atoms with E-state index in [4.69, 9.17) is 0 Å². The van der Waals surface area contributed by atoms with Crippen LogP contribution in [0.2, 0.25) is 0 Å². The lowest BCUT2D eigenvalue weighted by Crippen LogP contribution is -2.28. The van der Waals surface area contributed by atoms with Crippen LogP contribution >= 0.6 is 0 Å². The van der Waals surface area contributed by atoms with Crippen LogP contribution in [0.25, 0.3) is 0 Å². The van der Waals surface area contributed by atoms with E-state index in [1.807, 2.05) is 44.2 Å². The summed E-state index contributed by atoms with van der Waals surface area (Å²) < 4.78 is 0. The van der Waals surface area contributed by atoms with Crippen molar-refractivity contribution < 1.29 is 9.59 Å². The highest BCUT2D eigenvalue weighted by atomic mass is 16.2. The van der Waals surface area contributed by atoms with Crippen LogP contribution in [0, 0.1) is 5.92 Å². The van der Waals surface area contributed by atoms with Crippen molar-refractivity contribution in [1.82, 2.24) is 5.32 Å². The molecule has 120 valence electrons. The van der Waals surface area contributed by atoms with Gasteiger partial charge in [0.2, 0.25) is 5.91 Å². The van der Waals surface area contributed by atoms with Gasteiger partial charge in [0.05, 0.1) is 0 Å². The summed E-state index contributed by atoms with van der Waals surface area (Å²) in [5, 5.41) is 8.34. The predicted octanol–water partition coefficient (Wildman–Crippen LogP) is 3.60. The molecule has 2 aromatic carbocycles. The molecule has 0 saturated carbocycles. The molecule has 0 aliphatic carbocycles. The van der Waals surface area contributed by atoms with Gasteiger partial charge in [-0.3, -0.25) is 4.79 Å². The second-order valence-electron chi connectivity index (χ2n) is 5.51. The van der Waals surface area contributed by atoms with E-state index < -0.39 is 0 Å². The van der Waals surface area contributed by atoms with Crippen LogP contribution in [-0.2, 0) is 11.3 Å². The standard InChI is InChI=1S/C18H21N3O2/c1-13(2)17(22)20-15-8-10-16(11-9-15)21-18(23)19-12-14-6-4-3-5-7-14/h3-11,13H,12H2,1-2H3,(H,20,22)(H2,19,21,23). The van der Waals surface area contributed by atoms with Gasteiger partial charge >= 0.3 is 6.03 Å². The van der Waals surface area contributed by atoms with Crippen molar-refractivity contribution in [2.24, 2.45) is 5.92 Å². The van der Waals surface area contributed by atoms with Crippen LogP contribution in [0.4, 0.5) is 16.2 Å². The molecule has 0 radical (unpaired) electrons. The van der Waals surface area contributed by atoms with Gasteiger partial charge in [0.1, 0.15) is 0 Å². The zero-order valence-electron chi connectivity index (χ0n) is 13.3. The van der Waals surface area contributed by atoms with Gasteiger partial charge in [0.15, 0.2) is 0 Å². The minimum absolute atomic E-state index is 0.0358. The minimum atomic E-state index is -0.271. The predicted molar refractivity (Wildman–Crippen MR) is 92.2 cm³/mol. The van der Waals surface area contributed by atoms with Crippen molar-refractivity contribution in [3.8, 4) is 0 Å². The lowest BCUT2D eigenvalue weighted by atomic mass is 10.2. The van der Waals surface area contributed by atoms with Crippen LogP contribution < -0.4 is 16.0 Å². The first-order valence-corrected chi connectivity index (χ1v) is 7.54. The molecule has 0 heterocycles. The maximum atomic E-state index is 11.8. The van der Waals surface area contributed by atoms with Crippen LogP contribution in [0.15, 0.2) is 54.6 Å². The van der Waals surface area contributed by atoms with Gasteiger partial charge in [0, 0.05) is 23.8 Å². The van der Waals surface area contributed by atoms with Crippen molar-refractivity contribution >= 4 is 23.3 Å². The molecule has 0 aromatic heterocycles. The lowest BCUT2D eigenvalue weighted by molar-refractivity contribution is -0.118. The molecule has 0 fully saturated rings. The Morgan fingerprint density at radius 2 is 1.43 bits per heavy atom. The average molecular weight is 311 g/mol. The quantitative estimate of drug-likeness (QED) is 0.789. The highest BCUT2D eigenvalue weighted by Crippen LogP contribution is 2.14. The van der Waals surface area contributed by atoms with Gasteiger partial charge < -0.3 is 16.0 Å². The van der Waals surface area contributed by atoms with Crippen molar-refractivity contribution in [1.29, 1.82) is 0 Å². The molecule has 0 saturated heterocycles. The topological polar surface area (TPSA) is 70.2 Å². The molecule has 0 bridgehead atoms. The van der Waals surface area contributed by atoms with E-state index in [1.54, 1.807) is 24.3 Å². The minimum Gasteiger partial charge on any atom is -0.334 e. The fourth-order valence-electron chi connectivity index (χ4n) is 1.88. The second-order valence-corrected chi connectivity index (χ2v) is 5.51. The van der Waals surface area contributed by atoms with E-state index in [0.717, 1.165) is 5.56 Å². The van der Waals surface area contributed by atoms with E-state index in [0.29, 0.717) is 17.9 Å². The second kappa shape index (κ2) is 7.98. The van der Waals surface area contributed by atoms with Crippen molar-refractivity contribution in [2.75, 3.05) is 10.6 Å². The zero-order valence-corrected chi connectivity index (χ0v) is 13.3. The van der Waals surface area contributed by atoms with Gasteiger partial charge in [-0.05, 0) is 29.8 Å². The fourth-order valence-corrected chi connectivity index (χ4v) is 1.88. The van der Waals surface area contributed by atoms with E-state index in [9.17, 15) is 9.59 Å². The van der Waals surface area contributed by atoms with Crippen molar-refractivity contribution in [3.63, 3.8) is 0 Å². The number of nitrogens with one attached hydrogen (secondary N) is 3. The third-order valence-corrected chi connectivity index (χ3v) is 3.23. The molecule has 2 aromatic rings. The maximum absolute atomic E-state index is 11.8.